The SMILES string of the molecule is O=C(O)C1CNCCN1c1ncccc1Cl. The Bertz CT molecular complexity index is 399. The monoisotopic (exact) mass is 241 g/mol. The molecule has 86 valence electrons. The number of halogens is 1. The maximum Gasteiger partial charge on any atom is 0.327 e. The second-order valence-corrected chi connectivity index (χ2v) is 3.97. The molecule has 0 spiro atoms. The van der Waals surface area contributed by atoms with E-state index in [-0.39, 0.29) is 0 Å². The molecule has 16 heavy (non-hydrogen) atoms. The molecule has 0 saturated carbocycles. The van der Waals surface area contributed by atoms with Gasteiger partial charge in [0.1, 0.15) is 11.9 Å². The molecule has 0 aliphatic carbocycles. The summed E-state index contributed by atoms with van der Waals surface area (Å²) in [6, 6.07) is 2.83. The van der Waals surface area contributed by atoms with Gasteiger partial charge in [0, 0.05) is 25.8 Å². The van der Waals surface area contributed by atoms with Crippen LogP contribution in [0.1, 0.15) is 0 Å². The van der Waals surface area contributed by atoms with E-state index in [4.69, 9.17) is 16.7 Å². The molecule has 1 atom stereocenters. The zero-order valence-corrected chi connectivity index (χ0v) is 9.31. The first-order valence-corrected chi connectivity index (χ1v) is 5.38. The zero-order valence-electron chi connectivity index (χ0n) is 8.56. The third-order valence-electron chi connectivity index (χ3n) is 2.54. The van der Waals surface area contributed by atoms with E-state index in [1.807, 2.05) is 0 Å². The Kier molecular flexibility index (Phi) is 3.26. The fraction of sp³-hybridized carbons (Fsp3) is 0.400. The second kappa shape index (κ2) is 4.67. The molecule has 1 aromatic heterocycles. The number of carboxylic acid groups (broad SMARTS) is 1. The number of rotatable bonds is 2. The standard InChI is InChI=1S/C10H12ClN3O2/c11-7-2-1-3-13-9(7)14-5-4-12-6-8(14)10(15)16/h1-3,8,12H,4-6H2,(H,15,16). The van der Waals surface area contributed by atoms with E-state index in [2.05, 4.69) is 10.3 Å². The third kappa shape index (κ3) is 2.10. The van der Waals surface area contributed by atoms with E-state index < -0.39 is 12.0 Å². The lowest BCUT2D eigenvalue weighted by molar-refractivity contribution is -0.138. The summed E-state index contributed by atoms with van der Waals surface area (Å²) in [5.74, 6) is -0.327. The maximum absolute atomic E-state index is 11.1. The molecule has 0 radical (unpaired) electrons. The lowest BCUT2D eigenvalue weighted by atomic mass is 10.2. The number of piperazine rings is 1. The second-order valence-electron chi connectivity index (χ2n) is 3.56. The molecule has 5 nitrogen and oxygen atoms in total. The van der Waals surface area contributed by atoms with E-state index in [1.165, 1.54) is 0 Å². The van der Waals surface area contributed by atoms with Crippen molar-refractivity contribution in [3.8, 4) is 0 Å². The summed E-state index contributed by atoms with van der Waals surface area (Å²) in [4.78, 5) is 17.0. The minimum Gasteiger partial charge on any atom is -0.480 e. The van der Waals surface area contributed by atoms with Crippen molar-refractivity contribution in [3.05, 3.63) is 23.4 Å². The summed E-state index contributed by atoms with van der Waals surface area (Å²) in [6.45, 7) is 1.73. The van der Waals surface area contributed by atoms with E-state index in [1.54, 1.807) is 23.2 Å². The number of hydrogen-bond donors (Lipinski definition) is 2. The van der Waals surface area contributed by atoms with Crippen molar-refractivity contribution in [2.75, 3.05) is 24.5 Å². The van der Waals surface area contributed by atoms with Crippen LogP contribution in [0.3, 0.4) is 0 Å². The average Bonchev–Trinajstić information content (AvgIpc) is 2.29. The number of nitrogens with one attached hydrogen (secondary N) is 1. The van der Waals surface area contributed by atoms with Crippen LogP contribution in [0.25, 0.3) is 0 Å². The molecule has 1 saturated heterocycles. The lowest BCUT2D eigenvalue weighted by Gasteiger charge is -2.34. The molecule has 0 bridgehead atoms. The van der Waals surface area contributed by atoms with Crippen LogP contribution in [0.4, 0.5) is 5.82 Å². The van der Waals surface area contributed by atoms with Gasteiger partial charge < -0.3 is 15.3 Å². The molecule has 2 N–H and O–H groups in total. The number of pyridine rings is 1. The van der Waals surface area contributed by atoms with Crippen LogP contribution >= 0.6 is 11.6 Å². The molecule has 1 fully saturated rings. The molecule has 1 aliphatic heterocycles. The molecular formula is C10H12ClN3O2. The molecule has 1 aliphatic rings. The summed E-state index contributed by atoms with van der Waals surface area (Å²) >= 11 is 6.01. The Morgan fingerprint density at radius 1 is 1.69 bits per heavy atom. The van der Waals surface area contributed by atoms with Crippen molar-refractivity contribution in [1.82, 2.24) is 10.3 Å². The highest BCUT2D eigenvalue weighted by molar-refractivity contribution is 6.33. The molecule has 6 heteroatoms. The molecule has 1 aromatic rings. The number of carboxylic acids is 1. The fourth-order valence-corrected chi connectivity index (χ4v) is 2.00. The third-order valence-corrected chi connectivity index (χ3v) is 2.83. The van der Waals surface area contributed by atoms with Gasteiger partial charge in [-0.2, -0.15) is 0 Å². The van der Waals surface area contributed by atoms with Crippen LogP contribution in [0.15, 0.2) is 18.3 Å². The Hall–Kier alpha value is -1.33. The predicted octanol–water partition coefficient (Wildman–Crippen LogP) is 0.598. The zero-order chi connectivity index (χ0) is 11.5. The Morgan fingerprint density at radius 3 is 3.19 bits per heavy atom. The van der Waals surface area contributed by atoms with Crippen molar-refractivity contribution < 1.29 is 9.90 Å². The van der Waals surface area contributed by atoms with Crippen molar-refractivity contribution >= 4 is 23.4 Å². The summed E-state index contributed by atoms with van der Waals surface area (Å²) in [5, 5.41) is 12.6. The summed E-state index contributed by atoms with van der Waals surface area (Å²) in [6.07, 6.45) is 1.61. The summed E-state index contributed by atoms with van der Waals surface area (Å²) in [5.41, 5.74) is 0. The van der Waals surface area contributed by atoms with Crippen LogP contribution in [-0.2, 0) is 4.79 Å². The van der Waals surface area contributed by atoms with Gasteiger partial charge in [0.05, 0.1) is 5.02 Å². The number of carbonyl (C=O) groups is 1. The molecular weight excluding hydrogens is 230 g/mol. The first-order valence-electron chi connectivity index (χ1n) is 5.01. The van der Waals surface area contributed by atoms with Crippen LogP contribution in [0, 0.1) is 0 Å². The molecule has 0 amide bonds. The molecule has 1 unspecified atom stereocenters. The number of nitrogens with zero attached hydrogens (tertiary/aromatic N) is 2. The van der Waals surface area contributed by atoms with Crippen LogP contribution in [0.2, 0.25) is 5.02 Å². The van der Waals surface area contributed by atoms with Crippen molar-refractivity contribution in [3.63, 3.8) is 0 Å². The van der Waals surface area contributed by atoms with Crippen molar-refractivity contribution in [2.45, 2.75) is 6.04 Å². The Labute approximate surface area is 98.0 Å². The first kappa shape index (κ1) is 11.2. The molecule has 2 heterocycles. The number of hydrogen-bond acceptors (Lipinski definition) is 4. The van der Waals surface area contributed by atoms with Gasteiger partial charge in [-0.3, -0.25) is 0 Å². The lowest BCUT2D eigenvalue weighted by Crippen LogP contribution is -2.55. The van der Waals surface area contributed by atoms with Gasteiger partial charge in [0.25, 0.3) is 0 Å². The highest BCUT2D eigenvalue weighted by Gasteiger charge is 2.30. The van der Waals surface area contributed by atoms with E-state index >= 15 is 0 Å². The highest BCUT2D eigenvalue weighted by atomic mass is 35.5. The topological polar surface area (TPSA) is 65.5 Å². The normalized spacial score (nSPS) is 20.8. The van der Waals surface area contributed by atoms with Crippen LogP contribution in [0.5, 0.6) is 0 Å². The van der Waals surface area contributed by atoms with Gasteiger partial charge >= 0.3 is 5.97 Å². The summed E-state index contributed by atoms with van der Waals surface area (Å²) < 4.78 is 0. The minimum absolute atomic E-state index is 0.405. The smallest absolute Gasteiger partial charge is 0.327 e. The number of anilines is 1. The Balaban J connectivity index is 2.30. The van der Waals surface area contributed by atoms with Gasteiger partial charge in [-0.05, 0) is 12.1 Å². The highest BCUT2D eigenvalue weighted by Crippen LogP contribution is 2.24. The van der Waals surface area contributed by atoms with Gasteiger partial charge in [0.2, 0.25) is 0 Å². The van der Waals surface area contributed by atoms with Gasteiger partial charge in [-0.25, -0.2) is 9.78 Å². The van der Waals surface area contributed by atoms with E-state index in [0.29, 0.717) is 23.9 Å². The Morgan fingerprint density at radius 2 is 2.50 bits per heavy atom. The van der Waals surface area contributed by atoms with E-state index in [0.717, 1.165) is 6.54 Å². The van der Waals surface area contributed by atoms with E-state index in [9.17, 15) is 4.79 Å². The number of aromatic nitrogens is 1. The summed E-state index contributed by atoms with van der Waals surface area (Å²) in [7, 11) is 0. The molecule has 0 aromatic carbocycles. The minimum atomic E-state index is -0.867. The van der Waals surface area contributed by atoms with Crippen molar-refractivity contribution in [2.24, 2.45) is 0 Å². The largest absolute Gasteiger partial charge is 0.480 e. The average molecular weight is 242 g/mol. The maximum atomic E-state index is 11.1. The van der Waals surface area contributed by atoms with Crippen LogP contribution < -0.4 is 10.2 Å². The van der Waals surface area contributed by atoms with Crippen LogP contribution in [-0.4, -0.2) is 41.7 Å². The first-order chi connectivity index (χ1) is 7.70. The number of aliphatic carboxylic acids is 1. The van der Waals surface area contributed by atoms with Gasteiger partial charge in [-0.15, -0.1) is 0 Å². The fourth-order valence-electron chi connectivity index (χ4n) is 1.77. The quantitative estimate of drug-likeness (QED) is 0.794. The van der Waals surface area contributed by atoms with Gasteiger partial charge in [0.15, 0.2) is 0 Å². The van der Waals surface area contributed by atoms with Crippen molar-refractivity contribution in [1.29, 1.82) is 0 Å². The predicted molar refractivity (Wildman–Crippen MR) is 60.9 cm³/mol. The molecule has 2 rings (SSSR count). The van der Waals surface area contributed by atoms with Gasteiger partial charge in [-0.1, -0.05) is 11.6 Å².